The maximum atomic E-state index is 4.47. The largest absolute Gasteiger partial charge is 0.312 e. The first-order chi connectivity index (χ1) is 8.84. The molecule has 0 aliphatic heterocycles. The number of para-hydroxylation sites is 2. The Morgan fingerprint density at radius 3 is 2.94 bits per heavy atom. The molecule has 4 nitrogen and oxygen atoms in total. The highest BCUT2D eigenvalue weighted by Crippen LogP contribution is 2.17. The van der Waals surface area contributed by atoms with Crippen LogP contribution in [0.15, 0.2) is 46.9 Å². The lowest BCUT2D eigenvalue weighted by Gasteiger charge is -1.99. The molecule has 2 heterocycles. The van der Waals surface area contributed by atoms with Crippen LogP contribution in [0.2, 0.25) is 0 Å². The first-order valence-corrected chi connectivity index (χ1v) is 6.46. The molecule has 18 heavy (non-hydrogen) atoms. The van der Waals surface area contributed by atoms with Gasteiger partial charge in [0.15, 0.2) is 0 Å². The van der Waals surface area contributed by atoms with Gasteiger partial charge in [0.2, 0.25) is 5.95 Å². The van der Waals surface area contributed by atoms with Gasteiger partial charge < -0.3 is 4.57 Å². The normalized spacial score (nSPS) is 11.4. The van der Waals surface area contributed by atoms with Crippen molar-refractivity contribution in [1.29, 1.82) is 0 Å². The second kappa shape index (κ2) is 4.62. The van der Waals surface area contributed by atoms with E-state index in [-0.39, 0.29) is 0 Å². The van der Waals surface area contributed by atoms with Crippen molar-refractivity contribution in [3.8, 4) is 0 Å². The third-order valence-corrected chi connectivity index (χ3v) is 3.49. The van der Waals surface area contributed by atoms with Crippen molar-refractivity contribution in [2.24, 2.45) is 12.1 Å². The van der Waals surface area contributed by atoms with Crippen LogP contribution >= 0.6 is 11.3 Å². The minimum Gasteiger partial charge on any atom is -0.312 e. The topological polar surface area (TPSA) is 42.2 Å². The van der Waals surface area contributed by atoms with Crippen molar-refractivity contribution in [3.63, 3.8) is 0 Å². The van der Waals surface area contributed by atoms with Crippen LogP contribution in [-0.2, 0) is 7.05 Å². The van der Waals surface area contributed by atoms with E-state index in [0.29, 0.717) is 0 Å². The Bertz CT molecular complexity index is 682. The molecule has 3 rings (SSSR count). The summed E-state index contributed by atoms with van der Waals surface area (Å²) in [6, 6.07) is 12.0. The lowest BCUT2D eigenvalue weighted by Crippen LogP contribution is -1.98. The van der Waals surface area contributed by atoms with E-state index < -0.39 is 0 Å². The predicted octanol–water partition coefficient (Wildman–Crippen LogP) is 3.08. The van der Waals surface area contributed by atoms with Gasteiger partial charge in [-0.1, -0.05) is 18.2 Å². The van der Waals surface area contributed by atoms with Crippen LogP contribution in [0.4, 0.5) is 5.95 Å². The number of imidazole rings is 1. The molecule has 0 unspecified atom stereocenters. The van der Waals surface area contributed by atoms with Crippen LogP contribution in [0.25, 0.3) is 11.0 Å². The molecule has 3 aromatic rings. The lowest BCUT2D eigenvalue weighted by molar-refractivity contribution is 0.943. The Hall–Kier alpha value is -2.14. The fraction of sp³-hybridized carbons (Fsp3) is 0.0769. The number of fused-ring (bicyclic) bond motifs is 1. The van der Waals surface area contributed by atoms with Crippen LogP contribution in [0.5, 0.6) is 0 Å². The quantitative estimate of drug-likeness (QED) is 0.578. The smallest absolute Gasteiger partial charge is 0.224 e. The van der Waals surface area contributed by atoms with Gasteiger partial charge in [-0.15, -0.1) is 11.3 Å². The molecule has 1 N–H and O–H groups in total. The van der Waals surface area contributed by atoms with Gasteiger partial charge in [0, 0.05) is 11.9 Å². The van der Waals surface area contributed by atoms with E-state index in [0.717, 1.165) is 21.9 Å². The number of nitrogens with one attached hydrogen (secondary N) is 1. The molecule has 2 aromatic heterocycles. The minimum absolute atomic E-state index is 0.740. The van der Waals surface area contributed by atoms with E-state index in [1.165, 1.54) is 0 Å². The summed E-state index contributed by atoms with van der Waals surface area (Å²) in [6.07, 6.45) is 1.80. The van der Waals surface area contributed by atoms with Gasteiger partial charge in [0.05, 0.1) is 17.2 Å². The molecule has 0 amide bonds. The van der Waals surface area contributed by atoms with Crippen LogP contribution in [-0.4, -0.2) is 15.8 Å². The molecule has 0 saturated carbocycles. The van der Waals surface area contributed by atoms with Crippen molar-refractivity contribution >= 4 is 34.5 Å². The lowest BCUT2D eigenvalue weighted by atomic mass is 10.3. The van der Waals surface area contributed by atoms with Crippen LogP contribution < -0.4 is 5.43 Å². The fourth-order valence-corrected chi connectivity index (χ4v) is 2.35. The zero-order chi connectivity index (χ0) is 12.4. The summed E-state index contributed by atoms with van der Waals surface area (Å²) in [5.41, 5.74) is 5.02. The van der Waals surface area contributed by atoms with Gasteiger partial charge >= 0.3 is 0 Å². The average molecular weight is 256 g/mol. The first kappa shape index (κ1) is 11.0. The Balaban J connectivity index is 1.85. The molecule has 0 bridgehead atoms. The number of hydrazone groups is 1. The Morgan fingerprint density at radius 1 is 1.28 bits per heavy atom. The Morgan fingerprint density at radius 2 is 2.17 bits per heavy atom. The summed E-state index contributed by atoms with van der Waals surface area (Å²) in [6.45, 7) is 0. The van der Waals surface area contributed by atoms with Crippen molar-refractivity contribution in [2.45, 2.75) is 0 Å². The van der Waals surface area contributed by atoms with Crippen LogP contribution in [0.1, 0.15) is 4.88 Å². The highest BCUT2D eigenvalue weighted by atomic mass is 32.1. The molecule has 1 aromatic carbocycles. The molecule has 0 saturated heterocycles. The van der Waals surface area contributed by atoms with Crippen molar-refractivity contribution in [1.82, 2.24) is 9.55 Å². The van der Waals surface area contributed by atoms with E-state index in [2.05, 4.69) is 15.5 Å². The van der Waals surface area contributed by atoms with Gasteiger partial charge in [0.25, 0.3) is 0 Å². The van der Waals surface area contributed by atoms with E-state index in [1.54, 1.807) is 17.6 Å². The van der Waals surface area contributed by atoms with E-state index in [4.69, 9.17) is 0 Å². The van der Waals surface area contributed by atoms with Crippen LogP contribution in [0, 0.1) is 0 Å². The summed E-state index contributed by atoms with van der Waals surface area (Å²) in [7, 11) is 1.97. The van der Waals surface area contributed by atoms with Crippen LogP contribution in [0.3, 0.4) is 0 Å². The first-order valence-electron chi connectivity index (χ1n) is 5.58. The number of benzene rings is 1. The predicted molar refractivity (Wildman–Crippen MR) is 76.2 cm³/mol. The zero-order valence-electron chi connectivity index (χ0n) is 9.87. The molecule has 0 fully saturated rings. The van der Waals surface area contributed by atoms with E-state index in [1.807, 2.05) is 53.4 Å². The molecule has 0 atom stereocenters. The van der Waals surface area contributed by atoms with Gasteiger partial charge in [-0.05, 0) is 23.6 Å². The molecular formula is C13H12N4S. The van der Waals surface area contributed by atoms with Gasteiger partial charge in [-0.25, -0.2) is 10.4 Å². The number of hydrogen-bond donors (Lipinski definition) is 1. The van der Waals surface area contributed by atoms with Crippen molar-refractivity contribution < 1.29 is 0 Å². The third kappa shape index (κ3) is 2.00. The number of nitrogens with zero attached hydrogens (tertiary/aromatic N) is 3. The summed E-state index contributed by atoms with van der Waals surface area (Å²) in [5.74, 6) is 0.740. The average Bonchev–Trinajstić information content (AvgIpc) is 3.00. The van der Waals surface area contributed by atoms with Crippen molar-refractivity contribution in [2.75, 3.05) is 5.43 Å². The zero-order valence-corrected chi connectivity index (χ0v) is 10.7. The highest BCUT2D eigenvalue weighted by molar-refractivity contribution is 7.11. The molecule has 0 aliphatic carbocycles. The van der Waals surface area contributed by atoms with E-state index in [9.17, 15) is 0 Å². The SMILES string of the molecule is Cn1c(N/N=C\c2cccs2)nc2ccccc21. The number of hydrogen-bond acceptors (Lipinski definition) is 4. The molecule has 90 valence electrons. The Labute approximate surface area is 109 Å². The van der Waals surface area contributed by atoms with Gasteiger partial charge in [-0.2, -0.15) is 5.10 Å². The van der Waals surface area contributed by atoms with Gasteiger partial charge in [-0.3, -0.25) is 0 Å². The summed E-state index contributed by atoms with van der Waals surface area (Å²) in [4.78, 5) is 5.58. The molecule has 0 aliphatic rings. The summed E-state index contributed by atoms with van der Waals surface area (Å²) < 4.78 is 1.99. The van der Waals surface area contributed by atoms with E-state index >= 15 is 0 Å². The number of rotatable bonds is 3. The standard InChI is InChI=1S/C13H12N4S/c1-17-12-7-3-2-6-11(12)15-13(17)16-14-9-10-5-4-8-18-10/h2-9H,1H3,(H,15,16)/b14-9-. The Kier molecular flexibility index (Phi) is 2.82. The monoisotopic (exact) mass is 256 g/mol. The second-order valence-electron chi connectivity index (χ2n) is 3.87. The molecule has 0 spiro atoms. The number of thiophene rings is 1. The summed E-state index contributed by atoms with van der Waals surface area (Å²) >= 11 is 1.65. The van der Waals surface area contributed by atoms with Gasteiger partial charge in [0.1, 0.15) is 0 Å². The maximum Gasteiger partial charge on any atom is 0.224 e. The fourth-order valence-electron chi connectivity index (χ4n) is 1.76. The molecular weight excluding hydrogens is 244 g/mol. The highest BCUT2D eigenvalue weighted by Gasteiger charge is 2.04. The molecule has 5 heteroatoms. The number of anilines is 1. The number of aromatic nitrogens is 2. The maximum absolute atomic E-state index is 4.47. The second-order valence-corrected chi connectivity index (χ2v) is 4.85. The minimum atomic E-state index is 0.740. The number of aryl methyl sites for hydroxylation is 1. The van der Waals surface area contributed by atoms with Crippen molar-refractivity contribution in [3.05, 3.63) is 46.7 Å². The summed E-state index contributed by atoms with van der Waals surface area (Å²) in [5, 5.41) is 6.22. The molecule has 0 radical (unpaired) electrons. The third-order valence-electron chi connectivity index (χ3n) is 2.69.